The third-order valence-corrected chi connectivity index (χ3v) is 4.93. The van der Waals surface area contributed by atoms with Gasteiger partial charge in [-0.1, -0.05) is 0 Å². The molecule has 0 aliphatic carbocycles. The molecule has 0 radical (unpaired) electrons. The Kier molecular flexibility index (Phi) is 5.02. The molecule has 1 aliphatic rings. The van der Waals surface area contributed by atoms with E-state index in [1.807, 2.05) is 0 Å². The first-order valence-electron chi connectivity index (χ1n) is 5.48. The quantitative estimate of drug-likeness (QED) is 0.750. The number of nitrogens with two attached hydrogens (primary N) is 1. The van der Waals surface area contributed by atoms with Crippen molar-refractivity contribution in [1.82, 2.24) is 0 Å². The molecule has 1 aliphatic heterocycles. The lowest BCUT2D eigenvalue weighted by Crippen LogP contribution is -2.33. The summed E-state index contributed by atoms with van der Waals surface area (Å²) in [4.78, 5) is 0. The first kappa shape index (κ1) is 12.9. The van der Waals surface area contributed by atoms with Gasteiger partial charge in [-0.25, -0.2) is 8.42 Å². The van der Waals surface area contributed by atoms with Crippen LogP contribution in [0, 0.1) is 11.8 Å². The summed E-state index contributed by atoms with van der Waals surface area (Å²) in [6.45, 7) is 1.22. The van der Waals surface area contributed by atoms with Crippen molar-refractivity contribution in [3.63, 3.8) is 0 Å². The number of rotatable bonds is 5. The average Bonchev–Trinajstić information content (AvgIpc) is 2.16. The molecule has 4 nitrogen and oxygen atoms in total. The molecule has 1 saturated heterocycles. The lowest BCUT2D eigenvalue weighted by atomic mass is 9.88. The van der Waals surface area contributed by atoms with E-state index in [2.05, 4.69) is 0 Å². The Morgan fingerprint density at radius 1 is 1.53 bits per heavy atom. The van der Waals surface area contributed by atoms with E-state index in [9.17, 15) is 8.42 Å². The van der Waals surface area contributed by atoms with Gasteiger partial charge in [0.2, 0.25) is 0 Å². The first-order chi connectivity index (χ1) is 7.09. The maximum absolute atomic E-state index is 11.5. The van der Waals surface area contributed by atoms with Gasteiger partial charge in [0, 0.05) is 13.7 Å². The molecule has 0 aromatic rings. The van der Waals surface area contributed by atoms with Crippen molar-refractivity contribution in [2.75, 3.05) is 31.8 Å². The average molecular weight is 235 g/mol. The fraction of sp³-hybridized carbons (Fsp3) is 1.00. The summed E-state index contributed by atoms with van der Waals surface area (Å²) in [5.74, 6) is 1.22. The summed E-state index contributed by atoms with van der Waals surface area (Å²) in [5, 5.41) is 0. The number of ether oxygens (including phenoxy) is 1. The molecule has 0 spiro atoms. The van der Waals surface area contributed by atoms with E-state index >= 15 is 0 Å². The molecule has 2 atom stereocenters. The van der Waals surface area contributed by atoms with Crippen LogP contribution in [-0.2, 0) is 14.6 Å². The van der Waals surface area contributed by atoms with Crippen molar-refractivity contribution in [3.8, 4) is 0 Å². The molecule has 2 N–H and O–H groups in total. The molecule has 5 heteroatoms. The molecule has 15 heavy (non-hydrogen) atoms. The van der Waals surface area contributed by atoms with Crippen LogP contribution in [0.5, 0.6) is 0 Å². The normalized spacial score (nSPS) is 27.5. The molecule has 0 amide bonds. The van der Waals surface area contributed by atoms with Gasteiger partial charge in [0.05, 0.1) is 11.5 Å². The van der Waals surface area contributed by atoms with Crippen molar-refractivity contribution in [3.05, 3.63) is 0 Å². The van der Waals surface area contributed by atoms with Crippen molar-refractivity contribution < 1.29 is 13.2 Å². The highest BCUT2D eigenvalue weighted by Gasteiger charge is 2.30. The molecule has 1 fully saturated rings. The highest BCUT2D eigenvalue weighted by molar-refractivity contribution is 7.91. The number of hydrogen-bond donors (Lipinski definition) is 1. The Bertz CT molecular complexity index is 270. The Morgan fingerprint density at radius 3 is 2.80 bits per heavy atom. The smallest absolute Gasteiger partial charge is 0.150 e. The van der Waals surface area contributed by atoms with Gasteiger partial charge in [0.15, 0.2) is 9.84 Å². The van der Waals surface area contributed by atoms with Gasteiger partial charge in [0.25, 0.3) is 0 Å². The van der Waals surface area contributed by atoms with Gasteiger partial charge < -0.3 is 10.5 Å². The first-order valence-corrected chi connectivity index (χ1v) is 7.30. The predicted molar refractivity (Wildman–Crippen MR) is 60.4 cm³/mol. The van der Waals surface area contributed by atoms with Crippen LogP contribution in [0.15, 0.2) is 0 Å². The van der Waals surface area contributed by atoms with Gasteiger partial charge in [0.1, 0.15) is 0 Å². The highest BCUT2D eigenvalue weighted by Crippen LogP contribution is 2.27. The summed E-state index contributed by atoms with van der Waals surface area (Å²) < 4.78 is 28.1. The Hall–Kier alpha value is -0.130. The highest BCUT2D eigenvalue weighted by atomic mass is 32.2. The standard InChI is InChI=1S/C10H21NO3S/c1-14-7-9(4-5-11)10-3-2-6-15(12,13)8-10/h9-10H,2-8,11H2,1H3. The molecule has 90 valence electrons. The molecule has 0 bridgehead atoms. The van der Waals surface area contributed by atoms with Crippen LogP contribution in [0.4, 0.5) is 0 Å². The minimum Gasteiger partial charge on any atom is -0.384 e. The fourth-order valence-electron chi connectivity index (χ4n) is 2.31. The zero-order chi connectivity index (χ0) is 11.3. The van der Waals surface area contributed by atoms with Crippen molar-refractivity contribution in [2.24, 2.45) is 17.6 Å². The number of methoxy groups -OCH3 is 1. The minimum atomic E-state index is -2.81. The molecule has 0 saturated carbocycles. The molecular weight excluding hydrogens is 214 g/mol. The maximum Gasteiger partial charge on any atom is 0.150 e. The van der Waals surface area contributed by atoms with Gasteiger partial charge in [-0.3, -0.25) is 0 Å². The summed E-state index contributed by atoms with van der Waals surface area (Å²) in [6, 6.07) is 0. The second-order valence-corrected chi connectivity index (χ2v) is 6.54. The van der Waals surface area contributed by atoms with Crippen LogP contribution in [0.25, 0.3) is 0 Å². The van der Waals surface area contributed by atoms with Gasteiger partial charge in [-0.2, -0.15) is 0 Å². The van der Waals surface area contributed by atoms with E-state index in [1.165, 1.54) is 0 Å². The van der Waals surface area contributed by atoms with E-state index in [4.69, 9.17) is 10.5 Å². The summed E-state index contributed by atoms with van der Waals surface area (Å²) in [6.07, 6.45) is 2.64. The zero-order valence-corrected chi connectivity index (χ0v) is 10.1. The molecule has 1 heterocycles. The van der Waals surface area contributed by atoms with Crippen LogP contribution >= 0.6 is 0 Å². The minimum absolute atomic E-state index is 0.243. The fourth-order valence-corrected chi connectivity index (χ4v) is 4.18. The predicted octanol–water partition coefficient (Wildman–Crippen LogP) is 0.423. The SMILES string of the molecule is COCC(CCN)C1CCCS(=O)(=O)C1. The maximum atomic E-state index is 11.5. The molecule has 0 aromatic heterocycles. The van der Waals surface area contributed by atoms with Gasteiger partial charge in [-0.05, 0) is 37.6 Å². The van der Waals surface area contributed by atoms with Crippen molar-refractivity contribution in [1.29, 1.82) is 0 Å². The van der Waals surface area contributed by atoms with E-state index in [0.29, 0.717) is 30.6 Å². The zero-order valence-electron chi connectivity index (χ0n) is 9.31. The lowest BCUT2D eigenvalue weighted by molar-refractivity contribution is 0.117. The summed E-state index contributed by atoms with van der Waals surface area (Å²) in [7, 11) is -1.16. The third-order valence-electron chi connectivity index (χ3n) is 3.08. The van der Waals surface area contributed by atoms with E-state index in [-0.39, 0.29) is 5.92 Å². The van der Waals surface area contributed by atoms with Crippen LogP contribution in [0.1, 0.15) is 19.3 Å². The van der Waals surface area contributed by atoms with Crippen LogP contribution in [0.3, 0.4) is 0 Å². The molecular formula is C10H21NO3S. The van der Waals surface area contributed by atoms with Crippen LogP contribution in [0.2, 0.25) is 0 Å². The van der Waals surface area contributed by atoms with Crippen molar-refractivity contribution >= 4 is 9.84 Å². The van der Waals surface area contributed by atoms with E-state index < -0.39 is 9.84 Å². The molecule has 1 rings (SSSR count). The topological polar surface area (TPSA) is 69.4 Å². The van der Waals surface area contributed by atoms with E-state index in [1.54, 1.807) is 7.11 Å². The second kappa shape index (κ2) is 5.82. The monoisotopic (exact) mass is 235 g/mol. The Balaban J connectivity index is 2.58. The van der Waals surface area contributed by atoms with Crippen LogP contribution < -0.4 is 5.73 Å². The summed E-state index contributed by atoms with van der Waals surface area (Å²) >= 11 is 0. The van der Waals surface area contributed by atoms with Crippen LogP contribution in [-0.4, -0.2) is 40.2 Å². The lowest BCUT2D eigenvalue weighted by Gasteiger charge is -2.29. The Morgan fingerprint density at radius 2 is 2.27 bits per heavy atom. The van der Waals surface area contributed by atoms with Gasteiger partial charge >= 0.3 is 0 Å². The number of hydrogen-bond acceptors (Lipinski definition) is 4. The summed E-state index contributed by atoms with van der Waals surface area (Å²) in [5.41, 5.74) is 5.53. The third kappa shape index (κ3) is 4.09. The Labute approximate surface area is 92.1 Å². The van der Waals surface area contributed by atoms with Gasteiger partial charge in [-0.15, -0.1) is 0 Å². The largest absolute Gasteiger partial charge is 0.384 e. The second-order valence-electron chi connectivity index (χ2n) is 4.31. The van der Waals surface area contributed by atoms with Crippen molar-refractivity contribution in [2.45, 2.75) is 19.3 Å². The number of sulfone groups is 1. The molecule has 0 aromatic carbocycles. The van der Waals surface area contributed by atoms with E-state index in [0.717, 1.165) is 19.3 Å². The molecule has 2 unspecified atom stereocenters.